The molecule has 0 aromatic rings. The lowest BCUT2D eigenvalue weighted by Gasteiger charge is -2.57. The van der Waals surface area contributed by atoms with Gasteiger partial charge in [-0.2, -0.15) is 0 Å². The lowest BCUT2D eigenvalue weighted by molar-refractivity contribution is 0.00121. The van der Waals surface area contributed by atoms with Crippen LogP contribution in [0.25, 0.3) is 0 Å². The van der Waals surface area contributed by atoms with Gasteiger partial charge >= 0.3 is 0 Å². The smallest absolute Gasteiger partial charge is 0.0348 e. The van der Waals surface area contributed by atoms with Gasteiger partial charge in [0.05, 0.1) is 0 Å². The first-order valence-corrected chi connectivity index (χ1v) is 20.3. The molecule has 2 aliphatic carbocycles. The van der Waals surface area contributed by atoms with Crippen molar-refractivity contribution in [2.24, 2.45) is 53.3 Å². The zero-order valence-corrected chi connectivity index (χ0v) is 32.2. The Hall–Kier alpha value is 0.920. The molecule has 0 radical (unpaired) electrons. The van der Waals surface area contributed by atoms with Crippen LogP contribution in [0.5, 0.6) is 0 Å². The van der Waals surface area contributed by atoms with E-state index >= 15 is 0 Å². The third kappa shape index (κ3) is 12.7. The summed E-state index contributed by atoms with van der Waals surface area (Å²) in [6, 6.07) is 0. The van der Waals surface area contributed by atoms with Crippen molar-refractivity contribution in [1.29, 1.82) is 0 Å². The Labute approximate surface area is 276 Å². The largest absolute Gasteiger partial charge is 0.344 e. The molecule has 0 aliphatic heterocycles. The minimum absolute atomic E-state index is 0. The van der Waals surface area contributed by atoms with Crippen LogP contribution in [0.1, 0.15) is 177 Å². The fourth-order valence-electron chi connectivity index (χ4n) is 9.25. The van der Waals surface area contributed by atoms with Gasteiger partial charge < -0.3 is 6.15 Å². The van der Waals surface area contributed by atoms with E-state index in [0.717, 1.165) is 58.6 Å². The molecule has 0 aromatic heterocycles. The predicted octanol–water partition coefficient (Wildman–Crippen LogP) is 14.2. The van der Waals surface area contributed by atoms with Gasteiger partial charge in [0.25, 0.3) is 0 Å². The maximum absolute atomic E-state index is 4.86. The molecule has 2 aliphatic rings. The lowest BCUT2D eigenvalue weighted by Crippen LogP contribution is -2.55. The number of hydrogen-bond donors (Lipinski definition) is 1. The van der Waals surface area contributed by atoms with Crippen LogP contribution in [0.15, 0.2) is 0 Å². The lowest BCUT2D eigenvalue weighted by atomic mass is 9.53. The molecule has 1 nitrogen and oxygen atoms in total. The van der Waals surface area contributed by atoms with Crippen molar-refractivity contribution in [3.05, 3.63) is 0 Å². The van der Waals surface area contributed by atoms with E-state index in [4.69, 9.17) is 15.9 Å². The number of rotatable bonds is 20. The highest BCUT2D eigenvalue weighted by atomic mass is 79.9. The van der Waals surface area contributed by atoms with Gasteiger partial charge in [-0.15, -0.1) is 0 Å². The molecule has 0 bridgehead atoms. The Morgan fingerprint density at radius 3 is 1.37 bits per heavy atom. The van der Waals surface area contributed by atoms with Crippen LogP contribution < -0.4 is 6.15 Å². The van der Waals surface area contributed by atoms with Crippen molar-refractivity contribution >= 4 is 31.9 Å². The highest BCUT2D eigenvalue weighted by Gasteiger charge is 2.55. The third-order valence-electron chi connectivity index (χ3n) is 11.7. The number of halogens is 2. The first kappa shape index (κ1) is 39.9. The Morgan fingerprint density at radius 2 is 1.00 bits per heavy atom. The molecule has 7 atom stereocenters. The Balaban J connectivity index is 0.00000840. The molecule has 41 heavy (non-hydrogen) atoms. The van der Waals surface area contributed by atoms with E-state index in [1.54, 1.807) is 0 Å². The fourth-order valence-corrected chi connectivity index (χ4v) is 11.3. The molecule has 246 valence electrons. The highest BCUT2D eigenvalue weighted by Crippen LogP contribution is 2.60. The number of alkyl halides is 2. The van der Waals surface area contributed by atoms with Gasteiger partial charge in [0.1, 0.15) is 0 Å². The van der Waals surface area contributed by atoms with Gasteiger partial charge in [-0.05, 0) is 91.8 Å². The van der Waals surface area contributed by atoms with Gasteiger partial charge in [0.15, 0.2) is 0 Å². The van der Waals surface area contributed by atoms with Gasteiger partial charge in [0.2, 0.25) is 0 Å². The molecule has 0 aromatic carbocycles. The van der Waals surface area contributed by atoms with E-state index in [2.05, 4.69) is 64.4 Å². The summed E-state index contributed by atoms with van der Waals surface area (Å²) >= 11 is 8.82. The minimum Gasteiger partial charge on any atom is -0.344 e. The van der Waals surface area contributed by atoms with Crippen LogP contribution in [-0.4, -0.2) is 9.65 Å². The maximum atomic E-state index is 4.86. The summed E-state index contributed by atoms with van der Waals surface area (Å²) in [5.41, 5.74) is 0. The molecule has 2 rings (SSSR count). The molecule has 7 unspecified atom stereocenters. The molecule has 0 heterocycles. The van der Waals surface area contributed by atoms with Crippen molar-refractivity contribution in [3.8, 4) is 0 Å². The maximum Gasteiger partial charge on any atom is 0.0348 e. The van der Waals surface area contributed by atoms with Crippen LogP contribution in [-0.2, 0) is 0 Å². The van der Waals surface area contributed by atoms with Crippen LogP contribution in [0.3, 0.4) is 0 Å². The van der Waals surface area contributed by atoms with E-state index in [1.165, 1.54) is 128 Å². The van der Waals surface area contributed by atoms with Crippen molar-refractivity contribution in [3.63, 3.8) is 0 Å². The third-order valence-corrected chi connectivity index (χ3v) is 14.0. The minimum atomic E-state index is 0. The average molecular weight is 706 g/mol. The average Bonchev–Trinajstić information content (AvgIpc) is 2.92. The van der Waals surface area contributed by atoms with E-state index in [-0.39, 0.29) is 6.15 Å². The summed E-state index contributed by atoms with van der Waals surface area (Å²) in [6.07, 6.45) is 28.8. The van der Waals surface area contributed by atoms with Crippen molar-refractivity contribution < 1.29 is 0 Å². The topological polar surface area (TPSA) is 35.0 Å². The van der Waals surface area contributed by atoms with Crippen molar-refractivity contribution in [2.45, 2.75) is 181 Å². The first-order chi connectivity index (χ1) is 19.2. The van der Waals surface area contributed by atoms with Crippen LogP contribution in [0.4, 0.5) is 0 Å². The SMILES string of the molecule is CCCCCCCCCCCCCCC(CCBr)C(Br)(C1CC(C)CCC1C(C)C)C1CC(C)CCC1C(C)C.N. The van der Waals surface area contributed by atoms with Gasteiger partial charge in [-0.25, -0.2) is 0 Å². The number of unbranched alkanes of at least 4 members (excludes halogenated alkanes) is 11. The summed E-state index contributed by atoms with van der Waals surface area (Å²) < 4.78 is 0.297. The van der Waals surface area contributed by atoms with Gasteiger partial charge in [-0.1, -0.05) is 170 Å². The zero-order chi connectivity index (χ0) is 29.5. The molecule has 0 spiro atoms. The normalized spacial score (nSPS) is 29.3. The predicted molar refractivity (Wildman–Crippen MR) is 194 cm³/mol. The summed E-state index contributed by atoms with van der Waals surface area (Å²) in [5.74, 6) is 7.55. The quantitative estimate of drug-likeness (QED) is 0.0993. The molecule has 2 fully saturated rings. The van der Waals surface area contributed by atoms with E-state index in [1.807, 2.05) is 0 Å². The Kier molecular flexibility index (Phi) is 21.1. The van der Waals surface area contributed by atoms with Crippen molar-refractivity contribution in [1.82, 2.24) is 6.15 Å². The first-order valence-electron chi connectivity index (χ1n) is 18.4. The molecule has 0 amide bonds. The van der Waals surface area contributed by atoms with E-state index in [0.29, 0.717) is 4.32 Å². The van der Waals surface area contributed by atoms with Crippen LogP contribution in [0, 0.1) is 53.3 Å². The molecule has 2 saturated carbocycles. The zero-order valence-electron chi connectivity index (χ0n) is 29.0. The standard InChI is InChI=1S/C38H72Br2.H3N/c1-8-9-10-11-12-13-14-15-16-17-18-19-20-33(25-26-39)38(40,36-27-31(6)21-23-34(36)29(2)3)37-28-32(7)22-24-35(37)30(4)5;/h29-37H,8-28H2,1-7H3;1H3. The van der Waals surface area contributed by atoms with E-state index < -0.39 is 0 Å². The molecular weight excluding hydrogens is 630 g/mol. The molecule has 3 heteroatoms. The second-order valence-corrected chi connectivity index (χ2v) is 17.7. The van der Waals surface area contributed by atoms with Crippen LogP contribution in [0.2, 0.25) is 0 Å². The second-order valence-electron chi connectivity index (χ2n) is 15.5. The second kappa shape index (κ2) is 21.6. The summed E-state index contributed by atoms with van der Waals surface area (Å²) in [6.45, 7) is 17.6. The summed E-state index contributed by atoms with van der Waals surface area (Å²) in [7, 11) is 0. The molecule has 3 N–H and O–H groups in total. The van der Waals surface area contributed by atoms with E-state index in [9.17, 15) is 0 Å². The monoisotopic (exact) mass is 703 g/mol. The van der Waals surface area contributed by atoms with Crippen LogP contribution >= 0.6 is 31.9 Å². The Morgan fingerprint density at radius 1 is 0.610 bits per heavy atom. The fraction of sp³-hybridized carbons (Fsp3) is 1.00. The Bertz CT molecular complexity index is 602. The van der Waals surface area contributed by atoms with Crippen molar-refractivity contribution in [2.75, 3.05) is 5.33 Å². The highest BCUT2D eigenvalue weighted by molar-refractivity contribution is 9.10. The van der Waals surface area contributed by atoms with Gasteiger partial charge in [-0.3, -0.25) is 0 Å². The summed E-state index contributed by atoms with van der Waals surface area (Å²) in [4.78, 5) is 0. The summed E-state index contributed by atoms with van der Waals surface area (Å²) in [5, 5.41) is 1.16. The molecule has 0 saturated heterocycles. The number of hydrogen-bond acceptors (Lipinski definition) is 1. The van der Waals surface area contributed by atoms with Gasteiger partial charge in [0, 0.05) is 9.65 Å². The molecular formula is C38H75Br2N.